The second-order valence-corrected chi connectivity index (χ2v) is 3.02. The van der Waals surface area contributed by atoms with Crippen LogP contribution in [0.15, 0.2) is 18.2 Å². The van der Waals surface area contributed by atoms with Crippen molar-refractivity contribution in [2.45, 2.75) is 0 Å². The zero-order chi connectivity index (χ0) is 10.1. The number of phenolic OH excluding ortho intramolecular Hbond substituents is 1. The summed E-state index contributed by atoms with van der Waals surface area (Å²) in [4.78, 5) is 12.6. The van der Waals surface area contributed by atoms with Gasteiger partial charge in [-0.1, -0.05) is 0 Å². The molecule has 0 radical (unpaired) electrons. The number of hydrogen-bond donors (Lipinski definition) is 2. The SMILES string of the molecule is O=C1NCCN1c1ccc(O)c(F)c1. The molecule has 2 amide bonds. The predicted molar refractivity (Wildman–Crippen MR) is 48.8 cm³/mol. The molecule has 1 aromatic carbocycles. The molecule has 2 N–H and O–H groups in total. The minimum atomic E-state index is -0.720. The largest absolute Gasteiger partial charge is 0.505 e. The molecule has 1 aromatic rings. The van der Waals surface area contributed by atoms with Crippen molar-refractivity contribution in [3.05, 3.63) is 24.0 Å². The standard InChI is InChI=1S/C9H9FN2O2/c10-7-5-6(1-2-8(7)13)12-4-3-11-9(12)14/h1-2,5,13H,3-4H2,(H,11,14). The monoisotopic (exact) mass is 196 g/mol. The fourth-order valence-electron chi connectivity index (χ4n) is 1.38. The third kappa shape index (κ3) is 1.37. The van der Waals surface area contributed by atoms with E-state index in [2.05, 4.69) is 5.32 Å². The van der Waals surface area contributed by atoms with E-state index in [0.717, 1.165) is 6.07 Å². The third-order valence-electron chi connectivity index (χ3n) is 2.10. The Morgan fingerprint density at radius 2 is 2.29 bits per heavy atom. The van der Waals surface area contributed by atoms with Crippen LogP contribution in [0.5, 0.6) is 5.75 Å². The van der Waals surface area contributed by atoms with Crippen LogP contribution < -0.4 is 10.2 Å². The van der Waals surface area contributed by atoms with Gasteiger partial charge in [-0.15, -0.1) is 0 Å². The van der Waals surface area contributed by atoms with Gasteiger partial charge in [0, 0.05) is 24.8 Å². The van der Waals surface area contributed by atoms with Crippen molar-refractivity contribution < 1.29 is 14.3 Å². The molecule has 74 valence electrons. The number of carbonyl (C=O) groups excluding carboxylic acids is 1. The van der Waals surface area contributed by atoms with Crippen LogP contribution in [0, 0.1) is 5.82 Å². The summed E-state index contributed by atoms with van der Waals surface area (Å²) in [7, 11) is 0. The number of halogens is 1. The Bertz CT molecular complexity index is 381. The number of anilines is 1. The van der Waals surface area contributed by atoms with Crippen LogP contribution in [0.3, 0.4) is 0 Å². The van der Waals surface area contributed by atoms with Crippen molar-refractivity contribution in [2.75, 3.05) is 18.0 Å². The number of phenols is 1. The Morgan fingerprint density at radius 3 is 2.86 bits per heavy atom. The number of hydrogen-bond acceptors (Lipinski definition) is 2. The van der Waals surface area contributed by atoms with Crippen molar-refractivity contribution in [1.29, 1.82) is 0 Å². The van der Waals surface area contributed by atoms with Gasteiger partial charge in [0.25, 0.3) is 0 Å². The molecule has 1 fully saturated rings. The Morgan fingerprint density at radius 1 is 1.50 bits per heavy atom. The summed E-state index contributed by atoms with van der Waals surface area (Å²) in [6, 6.07) is 3.63. The first-order chi connectivity index (χ1) is 6.68. The lowest BCUT2D eigenvalue weighted by atomic mass is 10.2. The Hall–Kier alpha value is -1.78. The van der Waals surface area contributed by atoms with Crippen LogP contribution in [0.4, 0.5) is 14.9 Å². The maximum absolute atomic E-state index is 13.0. The normalized spacial score (nSPS) is 15.8. The highest BCUT2D eigenvalue weighted by Gasteiger charge is 2.21. The zero-order valence-corrected chi connectivity index (χ0v) is 7.33. The first kappa shape index (κ1) is 8.80. The molecule has 5 heteroatoms. The van der Waals surface area contributed by atoms with E-state index in [1.165, 1.54) is 17.0 Å². The van der Waals surface area contributed by atoms with Gasteiger partial charge in [0.1, 0.15) is 0 Å². The predicted octanol–water partition coefficient (Wildman–Crippen LogP) is 1.06. The molecule has 1 aliphatic rings. The second-order valence-electron chi connectivity index (χ2n) is 3.02. The minimum Gasteiger partial charge on any atom is -0.505 e. The van der Waals surface area contributed by atoms with Crippen LogP contribution in [0.25, 0.3) is 0 Å². The molecule has 0 unspecified atom stereocenters. The number of urea groups is 1. The van der Waals surface area contributed by atoms with Gasteiger partial charge in [-0.3, -0.25) is 4.90 Å². The fraction of sp³-hybridized carbons (Fsp3) is 0.222. The fourth-order valence-corrected chi connectivity index (χ4v) is 1.38. The molecule has 14 heavy (non-hydrogen) atoms. The molecule has 0 saturated carbocycles. The molecule has 0 atom stereocenters. The van der Waals surface area contributed by atoms with E-state index in [0.29, 0.717) is 18.8 Å². The topological polar surface area (TPSA) is 52.6 Å². The van der Waals surface area contributed by atoms with Crippen LogP contribution in [0.2, 0.25) is 0 Å². The summed E-state index contributed by atoms with van der Waals surface area (Å²) in [5.74, 6) is -1.13. The van der Waals surface area contributed by atoms with E-state index in [9.17, 15) is 9.18 Å². The number of aromatic hydroxyl groups is 1. The van der Waals surface area contributed by atoms with Gasteiger partial charge in [-0.25, -0.2) is 9.18 Å². The molecular formula is C9H9FN2O2. The smallest absolute Gasteiger partial charge is 0.321 e. The van der Waals surface area contributed by atoms with E-state index in [1.807, 2.05) is 0 Å². The number of rotatable bonds is 1. The first-order valence-electron chi connectivity index (χ1n) is 4.22. The van der Waals surface area contributed by atoms with Gasteiger partial charge in [0.2, 0.25) is 0 Å². The van der Waals surface area contributed by atoms with E-state index in [1.54, 1.807) is 0 Å². The number of amides is 2. The molecule has 0 aromatic heterocycles. The minimum absolute atomic E-state index is 0.241. The number of benzene rings is 1. The number of nitrogens with zero attached hydrogens (tertiary/aromatic N) is 1. The molecule has 1 aliphatic heterocycles. The lowest BCUT2D eigenvalue weighted by molar-refractivity contribution is 0.252. The Kier molecular flexibility index (Phi) is 1.99. The summed E-state index contributed by atoms with van der Waals surface area (Å²) < 4.78 is 13.0. The molecule has 2 rings (SSSR count). The first-order valence-corrected chi connectivity index (χ1v) is 4.22. The zero-order valence-electron chi connectivity index (χ0n) is 7.33. The van der Waals surface area contributed by atoms with Gasteiger partial charge < -0.3 is 10.4 Å². The Labute approximate surface area is 80.0 Å². The molecule has 0 bridgehead atoms. The van der Waals surface area contributed by atoms with Crippen molar-refractivity contribution in [1.82, 2.24) is 5.32 Å². The maximum Gasteiger partial charge on any atom is 0.321 e. The highest BCUT2D eigenvalue weighted by atomic mass is 19.1. The average molecular weight is 196 g/mol. The highest BCUT2D eigenvalue weighted by molar-refractivity contribution is 5.94. The molecule has 0 aliphatic carbocycles. The summed E-state index contributed by atoms with van der Waals surface area (Å²) in [6.07, 6.45) is 0. The molecular weight excluding hydrogens is 187 g/mol. The van der Waals surface area contributed by atoms with Gasteiger partial charge >= 0.3 is 6.03 Å². The van der Waals surface area contributed by atoms with Gasteiger partial charge in [-0.2, -0.15) is 0 Å². The van der Waals surface area contributed by atoms with Gasteiger partial charge in [0.05, 0.1) is 0 Å². The van der Waals surface area contributed by atoms with Gasteiger partial charge in [-0.05, 0) is 12.1 Å². The lowest BCUT2D eigenvalue weighted by Crippen LogP contribution is -2.27. The van der Waals surface area contributed by atoms with Crippen molar-refractivity contribution in [3.8, 4) is 5.75 Å². The summed E-state index contributed by atoms with van der Waals surface area (Å²) in [5, 5.41) is 11.6. The van der Waals surface area contributed by atoms with Crippen LogP contribution >= 0.6 is 0 Å². The van der Waals surface area contributed by atoms with E-state index < -0.39 is 11.6 Å². The van der Waals surface area contributed by atoms with E-state index in [-0.39, 0.29) is 6.03 Å². The summed E-state index contributed by atoms with van der Waals surface area (Å²) in [6.45, 7) is 1.07. The van der Waals surface area contributed by atoms with E-state index in [4.69, 9.17) is 5.11 Å². The summed E-state index contributed by atoms with van der Waals surface area (Å²) in [5.41, 5.74) is 0.454. The number of nitrogens with one attached hydrogen (secondary N) is 1. The van der Waals surface area contributed by atoms with Crippen LogP contribution in [-0.2, 0) is 0 Å². The van der Waals surface area contributed by atoms with Gasteiger partial charge in [0.15, 0.2) is 11.6 Å². The highest BCUT2D eigenvalue weighted by Crippen LogP contribution is 2.23. The van der Waals surface area contributed by atoms with Crippen molar-refractivity contribution >= 4 is 11.7 Å². The molecule has 4 nitrogen and oxygen atoms in total. The molecule has 1 saturated heterocycles. The van der Waals surface area contributed by atoms with Crippen LogP contribution in [0.1, 0.15) is 0 Å². The third-order valence-corrected chi connectivity index (χ3v) is 2.10. The van der Waals surface area contributed by atoms with Crippen molar-refractivity contribution in [2.24, 2.45) is 0 Å². The lowest BCUT2D eigenvalue weighted by Gasteiger charge is -2.13. The molecule has 0 spiro atoms. The average Bonchev–Trinajstić information content (AvgIpc) is 2.57. The number of carbonyl (C=O) groups is 1. The van der Waals surface area contributed by atoms with Crippen molar-refractivity contribution in [3.63, 3.8) is 0 Å². The summed E-state index contributed by atoms with van der Waals surface area (Å²) >= 11 is 0. The van der Waals surface area contributed by atoms with E-state index >= 15 is 0 Å². The Balaban J connectivity index is 2.32. The quantitative estimate of drug-likeness (QED) is 0.705. The maximum atomic E-state index is 13.0. The second kappa shape index (κ2) is 3.17. The van der Waals surface area contributed by atoms with Crippen LogP contribution in [-0.4, -0.2) is 24.2 Å². The molecule has 1 heterocycles.